The minimum atomic E-state index is -3.48. The van der Waals surface area contributed by atoms with Crippen LogP contribution in [0.25, 0.3) is 0 Å². The molecule has 0 aliphatic heterocycles. The summed E-state index contributed by atoms with van der Waals surface area (Å²) in [7, 11) is 1.14. The van der Waals surface area contributed by atoms with Gasteiger partial charge >= 0.3 is 0 Å². The lowest BCUT2D eigenvalue weighted by atomic mass is 9.98. The fourth-order valence-electron chi connectivity index (χ4n) is 3.66. The van der Waals surface area contributed by atoms with Crippen molar-refractivity contribution < 1.29 is 60.6 Å². The van der Waals surface area contributed by atoms with Gasteiger partial charge in [0.05, 0.1) is 6.10 Å². The number of carbonyl (C=O) groups is 1. The Bertz CT molecular complexity index is 1360. The summed E-state index contributed by atoms with van der Waals surface area (Å²) in [6.45, 7) is 0.627. The Kier molecular flexibility index (Phi) is 8.46. The first-order valence-corrected chi connectivity index (χ1v) is 12.1. The molecule has 218 valence electrons. The number of nitrogens with two attached hydrogens (primary N) is 1. The lowest BCUT2D eigenvalue weighted by Crippen LogP contribution is -2.62. The van der Waals surface area contributed by atoms with Crippen LogP contribution in [-0.4, -0.2) is 81.5 Å². The lowest BCUT2D eigenvalue weighted by Gasteiger charge is -2.36. The minimum absolute atomic E-state index is 0.00456. The second kappa shape index (κ2) is 11.0. The summed E-state index contributed by atoms with van der Waals surface area (Å²) in [5.74, 6) is -14.9. The number of phenols is 4. The maximum absolute atomic E-state index is 12.3. The van der Waals surface area contributed by atoms with E-state index in [9.17, 15) is 55.9 Å². The van der Waals surface area contributed by atoms with Crippen LogP contribution in [0, 0.1) is 6.92 Å². The topological polar surface area (TPSA) is 292 Å². The van der Waals surface area contributed by atoms with E-state index in [1.165, 1.54) is 12.3 Å². The van der Waals surface area contributed by atoms with E-state index in [0.29, 0.717) is 0 Å². The molecule has 3 aromatic rings. The summed E-state index contributed by atoms with van der Waals surface area (Å²) in [6, 6.07) is 4.15. The van der Waals surface area contributed by atoms with Gasteiger partial charge in [0.25, 0.3) is 23.4 Å². The van der Waals surface area contributed by atoms with Crippen molar-refractivity contribution in [3.8, 4) is 23.0 Å². The number of phenolic OH excluding ortho intramolecular Hbond substituents is 4. The van der Waals surface area contributed by atoms with Gasteiger partial charge in [0, 0.05) is 41.4 Å². The standard InChI is InChI=1S/C23H28N4O12S/c1-9-14(16(29)18(31)17(30)15(9)28)12(39-2)7-25-23(37,38)22(35,36)10-3-5-11(6-4-10)26-19(32)21(33,34)13-8-40-20(24)27-13/h3-6,8,12,25,28-31,33-38H,7H2,1-2H3,(H2,24,27)(H,26,32). The SMILES string of the molecule is COC(CNC(O)(O)C(O)(O)c1ccc(NC(=O)C(O)(O)c2csc(N)n2)cc1)c1c(C)c(O)c(O)c(O)c1O. The number of aliphatic hydroxyl groups is 6. The third kappa shape index (κ3) is 5.59. The van der Waals surface area contributed by atoms with Crippen molar-refractivity contribution >= 4 is 28.1 Å². The minimum Gasteiger partial charge on any atom is -0.504 e. The highest BCUT2D eigenvalue weighted by Crippen LogP contribution is 2.49. The summed E-state index contributed by atoms with van der Waals surface area (Å²) < 4.78 is 5.17. The van der Waals surface area contributed by atoms with E-state index in [0.717, 1.165) is 42.7 Å². The highest BCUT2D eigenvalue weighted by molar-refractivity contribution is 7.13. The summed E-state index contributed by atoms with van der Waals surface area (Å²) in [4.78, 5) is 16.0. The number of carbonyl (C=O) groups excluding carboxylic acids is 1. The molecule has 0 spiro atoms. The molecule has 17 heteroatoms. The van der Waals surface area contributed by atoms with Crippen molar-refractivity contribution in [3.05, 3.63) is 52.0 Å². The first-order valence-electron chi connectivity index (χ1n) is 11.2. The monoisotopic (exact) mass is 584 g/mol. The summed E-state index contributed by atoms with van der Waals surface area (Å²) in [5.41, 5.74) is 4.11. The number of aromatic hydroxyl groups is 4. The molecule has 1 atom stereocenters. The van der Waals surface area contributed by atoms with E-state index in [1.807, 2.05) is 5.32 Å². The van der Waals surface area contributed by atoms with Crippen molar-refractivity contribution in [1.82, 2.24) is 10.3 Å². The first kappa shape index (κ1) is 30.8. The molecule has 1 aromatic heterocycles. The third-order valence-electron chi connectivity index (χ3n) is 6.05. The van der Waals surface area contributed by atoms with Gasteiger partial charge in [0.15, 0.2) is 16.6 Å². The van der Waals surface area contributed by atoms with Crippen LogP contribution in [0.1, 0.15) is 28.5 Å². The second-order valence-electron chi connectivity index (χ2n) is 8.66. The number of hydrogen-bond acceptors (Lipinski definition) is 16. The van der Waals surface area contributed by atoms with Crippen molar-refractivity contribution in [2.24, 2.45) is 0 Å². The van der Waals surface area contributed by atoms with E-state index in [4.69, 9.17) is 10.5 Å². The molecule has 1 amide bonds. The largest absolute Gasteiger partial charge is 0.504 e. The van der Waals surface area contributed by atoms with Crippen LogP contribution >= 0.6 is 11.3 Å². The Morgan fingerprint density at radius 3 is 2.10 bits per heavy atom. The normalized spacial score (nSPS) is 13.3. The van der Waals surface area contributed by atoms with Crippen molar-refractivity contribution in [1.29, 1.82) is 0 Å². The quantitative estimate of drug-likeness (QED) is 0.0724. The Morgan fingerprint density at radius 2 is 1.57 bits per heavy atom. The maximum atomic E-state index is 12.3. The zero-order valence-corrected chi connectivity index (χ0v) is 21.7. The number of amides is 1. The van der Waals surface area contributed by atoms with Crippen LogP contribution in [0.15, 0.2) is 29.6 Å². The number of rotatable bonds is 10. The molecule has 0 fully saturated rings. The van der Waals surface area contributed by atoms with E-state index in [-0.39, 0.29) is 21.9 Å². The predicted octanol–water partition coefficient (Wildman–Crippen LogP) is -1.61. The smallest absolute Gasteiger partial charge is 0.291 e. The van der Waals surface area contributed by atoms with Gasteiger partial charge in [-0.1, -0.05) is 12.1 Å². The molecular weight excluding hydrogens is 556 g/mol. The number of aromatic nitrogens is 1. The van der Waals surface area contributed by atoms with Crippen molar-refractivity contribution in [3.63, 3.8) is 0 Å². The van der Waals surface area contributed by atoms with Crippen LogP contribution in [0.2, 0.25) is 0 Å². The average molecular weight is 585 g/mol. The molecule has 2 aromatic carbocycles. The van der Waals surface area contributed by atoms with E-state index < -0.39 is 70.3 Å². The molecule has 0 saturated heterocycles. The number of hydrogen-bond donors (Lipinski definition) is 13. The van der Waals surface area contributed by atoms with Crippen molar-refractivity contribution in [2.75, 3.05) is 24.7 Å². The molecule has 14 N–H and O–H groups in total. The zero-order chi connectivity index (χ0) is 30.2. The number of anilines is 2. The highest BCUT2D eigenvalue weighted by atomic mass is 32.1. The number of nitrogen functional groups attached to an aromatic ring is 1. The van der Waals surface area contributed by atoms with Gasteiger partial charge in [-0.3, -0.25) is 10.1 Å². The van der Waals surface area contributed by atoms with Crippen molar-refractivity contribution in [2.45, 2.75) is 30.5 Å². The summed E-state index contributed by atoms with van der Waals surface area (Å²) in [5, 5.41) is 107. The number of ether oxygens (including phenoxy) is 1. The van der Waals surface area contributed by atoms with Crippen LogP contribution in [-0.2, 0) is 21.1 Å². The third-order valence-corrected chi connectivity index (χ3v) is 6.73. The molecule has 16 nitrogen and oxygen atoms in total. The number of nitrogens with one attached hydrogen (secondary N) is 2. The van der Waals surface area contributed by atoms with Gasteiger partial charge in [0.1, 0.15) is 5.69 Å². The Balaban J connectivity index is 1.76. The number of thiazole rings is 1. The fourth-order valence-corrected chi connectivity index (χ4v) is 4.26. The number of methoxy groups -OCH3 is 1. The van der Waals surface area contributed by atoms with E-state index in [2.05, 4.69) is 10.3 Å². The van der Waals surface area contributed by atoms with E-state index >= 15 is 0 Å². The Labute approximate surface area is 229 Å². The predicted molar refractivity (Wildman–Crippen MR) is 137 cm³/mol. The molecule has 0 bridgehead atoms. The lowest BCUT2D eigenvalue weighted by molar-refractivity contribution is -0.379. The van der Waals surface area contributed by atoms with Crippen LogP contribution in [0.5, 0.6) is 23.0 Å². The second-order valence-corrected chi connectivity index (χ2v) is 9.55. The van der Waals surface area contributed by atoms with Gasteiger partial charge in [-0.05, 0) is 19.1 Å². The first-order chi connectivity index (χ1) is 18.5. The van der Waals surface area contributed by atoms with Crippen LogP contribution in [0.3, 0.4) is 0 Å². The van der Waals surface area contributed by atoms with E-state index in [1.54, 1.807) is 0 Å². The molecule has 0 aliphatic rings. The molecule has 0 saturated carbocycles. The molecule has 1 heterocycles. The maximum Gasteiger partial charge on any atom is 0.291 e. The molecule has 1 unspecified atom stereocenters. The van der Waals surface area contributed by atoms with Gasteiger partial charge in [-0.2, -0.15) is 0 Å². The molecule has 0 aliphatic carbocycles. The fraction of sp³-hybridized carbons (Fsp3) is 0.304. The molecule has 40 heavy (non-hydrogen) atoms. The van der Waals surface area contributed by atoms with Gasteiger partial charge in [0.2, 0.25) is 11.5 Å². The number of benzene rings is 2. The number of nitrogens with zero attached hydrogens (tertiary/aromatic N) is 1. The van der Waals surface area contributed by atoms with Gasteiger partial charge in [-0.25, -0.2) is 4.98 Å². The van der Waals surface area contributed by atoms with Crippen LogP contribution < -0.4 is 16.4 Å². The zero-order valence-electron chi connectivity index (χ0n) is 20.9. The average Bonchev–Trinajstić information content (AvgIpc) is 3.35. The summed E-state index contributed by atoms with van der Waals surface area (Å²) in [6.07, 6.45) is -1.32. The van der Waals surface area contributed by atoms with Gasteiger partial charge in [-0.15, -0.1) is 11.3 Å². The molecule has 0 radical (unpaired) electrons. The van der Waals surface area contributed by atoms with Gasteiger partial charge < -0.3 is 66.9 Å². The Hall–Kier alpha value is -3.78. The summed E-state index contributed by atoms with van der Waals surface area (Å²) >= 11 is 0.876. The molecule has 3 rings (SSSR count). The molecular formula is C23H28N4O12S. The van der Waals surface area contributed by atoms with Crippen LogP contribution in [0.4, 0.5) is 10.8 Å². The highest BCUT2D eigenvalue weighted by Gasteiger charge is 2.49. The Morgan fingerprint density at radius 1 is 1.00 bits per heavy atom.